The molecule has 5 heterocycles. The first-order valence-corrected chi connectivity index (χ1v) is 12.5. The molecular weight excluding hydrogens is 464 g/mol. The molecule has 1 aromatic carbocycles. The highest BCUT2D eigenvalue weighted by atomic mass is 19.1. The largest absolute Gasteiger partial charge is 0.394 e. The molecule has 1 fully saturated rings. The molecule has 0 spiro atoms. The maximum absolute atomic E-state index is 15.2. The van der Waals surface area contributed by atoms with Gasteiger partial charge in [0.2, 0.25) is 5.91 Å². The molecule has 36 heavy (non-hydrogen) atoms. The summed E-state index contributed by atoms with van der Waals surface area (Å²) in [5.41, 5.74) is 5.25. The Morgan fingerprint density at radius 3 is 2.92 bits per heavy atom. The number of pyridine rings is 1. The second-order valence-corrected chi connectivity index (χ2v) is 9.98. The molecule has 0 bridgehead atoms. The van der Waals surface area contributed by atoms with Gasteiger partial charge in [0.1, 0.15) is 17.3 Å². The van der Waals surface area contributed by atoms with Gasteiger partial charge in [-0.1, -0.05) is 6.08 Å². The van der Waals surface area contributed by atoms with Crippen LogP contribution in [0.5, 0.6) is 0 Å². The number of halogens is 2. The van der Waals surface area contributed by atoms with E-state index in [1.165, 1.54) is 18.3 Å². The molecule has 0 unspecified atom stereocenters. The number of likely N-dealkylation sites (tertiary alicyclic amines) is 1. The van der Waals surface area contributed by atoms with Crippen molar-refractivity contribution < 1.29 is 18.7 Å². The molecule has 0 aliphatic carbocycles. The molecule has 0 saturated carbocycles. The SMILES string of the molecule is CN1Cc2c(C3=CCN(CC(=O)N4CCC[C@@H]4CO)CC3)[nH]c3ncc(F)c(c23)-c2cc(F)ccc21. The molecule has 7 nitrogen and oxygen atoms in total. The van der Waals surface area contributed by atoms with E-state index in [1.807, 2.05) is 16.8 Å². The molecule has 1 saturated heterocycles. The van der Waals surface area contributed by atoms with Crippen molar-refractivity contribution in [3.63, 3.8) is 0 Å². The van der Waals surface area contributed by atoms with Crippen molar-refractivity contribution in [2.24, 2.45) is 0 Å². The van der Waals surface area contributed by atoms with Crippen molar-refractivity contribution in [3.05, 3.63) is 53.4 Å². The van der Waals surface area contributed by atoms with Crippen molar-refractivity contribution in [2.75, 3.05) is 44.7 Å². The number of aromatic nitrogens is 2. The van der Waals surface area contributed by atoms with E-state index in [0.717, 1.165) is 48.3 Å². The van der Waals surface area contributed by atoms with Gasteiger partial charge >= 0.3 is 0 Å². The minimum atomic E-state index is -0.471. The van der Waals surface area contributed by atoms with Crippen molar-refractivity contribution >= 4 is 28.2 Å². The first-order valence-electron chi connectivity index (χ1n) is 12.5. The standard InChI is InChI=1S/C27H29F2N5O2/c1-32-13-20-25-24(19-11-17(28)4-5-22(19)32)21(29)12-30-27(25)31-26(20)16-6-9-33(10-7-16)14-23(36)34-8-2-3-18(34)15-35/h4-6,11-12,18,35H,2-3,7-10,13-15H2,1H3,(H,30,31)/t18-/m1/s1. The lowest BCUT2D eigenvalue weighted by atomic mass is 9.97. The summed E-state index contributed by atoms with van der Waals surface area (Å²) in [6.45, 7) is 2.94. The summed E-state index contributed by atoms with van der Waals surface area (Å²) in [5.74, 6) is -0.812. The number of anilines is 1. The lowest BCUT2D eigenvalue weighted by Gasteiger charge is -2.30. The lowest BCUT2D eigenvalue weighted by molar-refractivity contribution is -0.133. The number of aliphatic hydroxyl groups is 1. The van der Waals surface area contributed by atoms with Gasteiger partial charge in [-0.3, -0.25) is 9.69 Å². The highest BCUT2D eigenvalue weighted by Gasteiger charge is 2.31. The monoisotopic (exact) mass is 493 g/mol. The number of carbonyl (C=O) groups excluding carboxylic acids is 1. The third-order valence-electron chi connectivity index (χ3n) is 7.80. The van der Waals surface area contributed by atoms with Gasteiger partial charge in [0.25, 0.3) is 0 Å². The topological polar surface area (TPSA) is 75.7 Å². The van der Waals surface area contributed by atoms with Crippen LogP contribution in [0.1, 0.15) is 30.5 Å². The van der Waals surface area contributed by atoms with Crippen LogP contribution in [-0.4, -0.2) is 76.7 Å². The predicted molar refractivity (Wildman–Crippen MR) is 134 cm³/mol. The minimum Gasteiger partial charge on any atom is -0.394 e. The van der Waals surface area contributed by atoms with Crippen LogP contribution < -0.4 is 4.90 Å². The molecule has 3 aliphatic rings. The second kappa shape index (κ2) is 8.97. The number of hydrogen-bond acceptors (Lipinski definition) is 5. The average molecular weight is 494 g/mol. The highest BCUT2D eigenvalue weighted by Crippen LogP contribution is 2.44. The summed E-state index contributed by atoms with van der Waals surface area (Å²) >= 11 is 0. The summed E-state index contributed by atoms with van der Waals surface area (Å²) in [6.07, 6.45) is 5.85. The Morgan fingerprint density at radius 2 is 2.14 bits per heavy atom. The number of amides is 1. The van der Waals surface area contributed by atoms with Crippen LogP contribution in [0, 0.1) is 11.6 Å². The molecule has 1 atom stereocenters. The van der Waals surface area contributed by atoms with E-state index in [9.17, 15) is 14.3 Å². The van der Waals surface area contributed by atoms with E-state index in [-0.39, 0.29) is 18.6 Å². The lowest BCUT2D eigenvalue weighted by Crippen LogP contribution is -2.44. The van der Waals surface area contributed by atoms with Crippen LogP contribution in [0.2, 0.25) is 0 Å². The summed E-state index contributed by atoms with van der Waals surface area (Å²) in [5, 5.41) is 10.2. The van der Waals surface area contributed by atoms with E-state index in [0.29, 0.717) is 48.3 Å². The Kier molecular flexibility index (Phi) is 5.76. The molecule has 1 amide bonds. The number of benzene rings is 1. The van der Waals surface area contributed by atoms with Crippen LogP contribution in [-0.2, 0) is 11.3 Å². The van der Waals surface area contributed by atoms with Crippen LogP contribution in [0.4, 0.5) is 14.5 Å². The Morgan fingerprint density at radius 1 is 1.28 bits per heavy atom. The van der Waals surface area contributed by atoms with Gasteiger partial charge in [0, 0.05) is 66.7 Å². The van der Waals surface area contributed by atoms with Crippen molar-refractivity contribution in [1.82, 2.24) is 19.8 Å². The van der Waals surface area contributed by atoms with Gasteiger partial charge in [-0.25, -0.2) is 13.8 Å². The highest BCUT2D eigenvalue weighted by molar-refractivity contribution is 6.03. The van der Waals surface area contributed by atoms with E-state index in [2.05, 4.69) is 20.9 Å². The van der Waals surface area contributed by atoms with E-state index in [1.54, 1.807) is 6.07 Å². The summed E-state index contributed by atoms with van der Waals surface area (Å²) < 4.78 is 29.4. The molecule has 2 N–H and O–H groups in total. The first-order chi connectivity index (χ1) is 17.4. The number of aromatic amines is 1. The van der Waals surface area contributed by atoms with Gasteiger partial charge < -0.3 is 19.9 Å². The number of aliphatic hydroxyl groups excluding tert-OH is 1. The van der Waals surface area contributed by atoms with E-state index < -0.39 is 11.6 Å². The fraction of sp³-hybridized carbons (Fsp3) is 0.407. The zero-order chi connectivity index (χ0) is 25.0. The summed E-state index contributed by atoms with van der Waals surface area (Å²) in [4.78, 5) is 26.5. The second-order valence-electron chi connectivity index (χ2n) is 9.98. The van der Waals surface area contributed by atoms with Gasteiger partial charge in [-0.15, -0.1) is 0 Å². The Labute approximate surface area is 208 Å². The van der Waals surface area contributed by atoms with Gasteiger partial charge in [0.15, 0.2) is 0 Å². The predicted octanol–water partition coefficient (Wildman–Crippen LogP) is 3.53. The van der Waals surface area contributed by atoms with Crippen LogP contribution in [0.3, 0.4) is 0 Å². The molecule has 9 heteroatoms. The quantitative estimate of drug-likeness (QED) is 0.582. The number of H-pyrrole nitrogens is 1. The molecule has 3 aliphatic heterocycles. The maximum atomic E-state index is 15.2. The average Bonchev–Trinajstić information content (AvgIpc) is 3.46. The van der Waals surface area contributed by atoms with Crippen LogP contribution >= 0.6 is 0 Å². The molecule has 0 radical (unpaired) electrons. The number of fused-ring (bicyclic) bond motifs is 2. The molecular formula is C27H29F2N5O2. The zero-order valence-corrected chi connectivity index (χ0v) is 20.2. The van der Waals surface area contributed by atoms with Crippen LogP contribution in [0.25, 0.3) is 27.7 Å². The van der Waals surface area contributed by atoms with Crippen molar-refractivity contribution in [1.29, 1.82) is 0 Å². The van der Waals surface area contributed by atoms with Gasteiger partial charge in [-0.05, 0) is 43.0 Å². The van der Waals surface area contributed by atoms with E-state index >= 15 is 4.39 Å². The number of carbonyl (C=O) groups is 1. The third kappa shape index (κ3) is 3.77. The molecule has 6 rings (SSSR count). The molecule has 2 aromatic heterocycles. The van der Waals surface area contributed by atoms with Crippen LogP contribution in [0.15, 0.2) is 30.5 Å². The van der Waals surface area contributed by atoms with E-state index in [4.69, 9.17) is 0 Å². The number of hydrogen-bond donors (Lipinski definition) is 2. The Bertz CT molecular complexity index is 1380. The summed E-state index contributed by atoms with van der Waals surface area (Å²) in [6, 6.07) is 4.43. The first kappa shape index (κ1) is 23.1. The fourth-order valence-electron chi connectivity index (χ4n) is 5.97. The molecule has 188 valence electrons. The van der Waals surface area contributed by atoms with Crippen molar-refractivity contribution in [2.45, 2.75) is 31.8 Å². The van der Waals surface area contributed by atoms with Crippen molar-refractivity contribution in [3.8, 4) is 11.1 Å². The Balaban J connectivity index is 1.32. The van der Waals surface area contributed by atoms with Gasteiger partial charge in [-0.2, -0.15) is 0 Å². The zero-order valence-electron chi connectivity index (χ0n) is 20.2. The fourth-order valence-corrected chi connectivity index (χ4v) is 5.97. The minimum absolute atomic E-state index is 0.0144. The van der Waals surface area contributed by atoms with Gasteiger partial charge in [0.05, 0.1) is 25.4 Å². The Hall–Kier alpha value is -3.30. The third-order valence-corrected chi connectivity index (χ3v) is 7.80. The number of rotatable bonds is 4. The number of nitrogens with zero attached hydrogens (tertiary/aromatic N) is 4. The maximum Gasteiger partial charge on any atom is 0.237 e. The summed E-state index contributed by atoms with van der Waals surface area (Å²) in [7, 11) is 1.93. The normalized spacial score (nSPS) is 20.0. The smallest absolute Gasteiger partial charge is 0.237 e. The number of nitrogens with one attached hydrogen (secondary N) is 1. The molecule has 3 aromatic rings.